The van der Waals surface area contributed by atoms with Gasteiger partial charge < -0.3 is 14.4 Å². The van der Waals surface area contributed by atoms with Crippen molar-refractivity contribution in [3.05, 3.63) is 42.5 Å². The van der Waals surface area contributed by atoms with Crippen molar-refractivity contribution in [2.75, 3.05) is 31.3 Å². The first-order chi connectivity index (χ1) is 13.4. The zero-order valence-electron chi connectivity index (χ0n) is 15.7. The number of hydrogen-bond acceptors (Lipinski definition) is 6. The van der Waals surface area contributed by atoms with Crippen LogP contribution in [-0.4, -0.2) is 62.5 Å². The third-order valence-electron chi connectivity index (χ3n) is 4.74. The lowest BCUT2D eigenvalue weighted by Crippen LogP contribution is -2.43. The summed E-state index contributed by atoms with van der Waals surface area (Å²) in [6.45, 7) is 1.40. The molecule has 0 radical (unpaired) electrons. The molecule has 2 aromatic rings. The number of sulfone groups is 1. The van der Waals surface area contributed by atoms with Gasteiger partial charge in [0.2, 0.25) is 0 Å². The summed E-state index contributed by atoms with van der Waals surface area (Å²) in [5, 5.41) is 2.06. The number of carbonyl (C=O) groups excluding carboxylic acids is 2. The van der Waals surface area contributed by atoms with E-state index in [9.17, 15) is 18.0 Å². The summed E-state index contributed by atoms with van der Waals surface area (Å²) in [5.74, 6) is -0.472. The Morgan fingerprint density at radius 2 is 1.86 bits per heavy atom. The molecule has 1 fully saturated rings. The lowest BCUT2D eigenvalue weighted by molar-refractivity contribution is -0.154. The minimum Gasteiger partial charge on any atom is -0.482 e. The first-order valence-electron chi connectivity index (χ1n) is 9.15. The summed E-state index contributed by atoms with van der Waals surface area (Å²) in [7, 11) is -3.09. The van der Waals surface area contributed by atoms with Crippen LogP contribution in [0, 0.1) is 0 Å². The Bertz CT molecular complexity index is 972. The van der Waals surface area contributed by atoms with Gasteiger partial charge in [-0.15, -0.1) is 0 Å². The largest absolute Gasteiger partial charge is 0.482 e. The summed E-state index contributed by atoms with van der Waals surface area (Å²) in [6.07, 6.45) is 0.418. The molecule has 0 bridgehead atoms. The number of amides is 1. The van der Waals surface area contributed by atoms with Gasteiger partial charge in [-0.1, -0.05) is 30.3 Å². The molecule has 0 aliphatic carbocycles. The predicted molar refractivity (Wildman–Crippen MR) is 105 cm³/mol. The summed E-state index contributed by atoms with van der Waals surface area (Å²) in [5.41, 5.74) is 0. The van der Waals surface area contributed by atoms with Crippen LogP contribution in [0.2, 0.25) is 0 Å². The number of rotatable bonds is 7. The molecule has 8 heteroatoms. The van der Waals surface area contributed by atoms with Gasteiger partial charge in [0.15, 0.2) is 23.1 Å². The zero-order valence-corrected chi connectivity index (χ0v) is 16.5. The Morgan fingerprint density at radius 3 is 2.54 bits per heavy atom. The number of carbonyl (C=O) groups is 2. The fraction of sp³-hybridized carbons (Fsp3) is 0.400. The summed E-state index contributed by atoms with van der Waals surface area (Å²) < 4.78 is 33.7. The lowest BCUT2D eigenvalue weighted by atomic mass is 10.1. The minimum atomic E-state index is -3.09. The van der Waals surface area contributed by atoms with Crippen molar-refractivity contribution in [2.45, 2.75) is 19.4 Å². The molecular formula is C20H23NO6S. The second-order valence-corrected chi connectivity index (χ2v) is 8.92. The van der Waals surface area contributed by atoms with Crippen molar-refractivity contribution >= 4 is 32.5 Å². The summed E-state index contributed by atoms with van der Waals surface area (Å²) in [6, 6.07) is 12.9. The topological polar surface area (TPSA) is 90.0 Å². The van der Waals surface area contributed by atoms with Crippen LogP contribution in [-0.2, 0) is 24.2 Å². The van der Waals surface area contributed by atoms with Crippen LogP contribution in [0.5, 0.6) is 5.75 Å². The van der Waals surface area contributed by atoms with Gasteiger partial charge in [-0.3, -0.25) is 4.79 Å². The Labute approximate surface area is 164 Å². The maximum Gasteiger partial charge on any atom is 0.344 e. The molecule has 1 aliphatic heterocycles. The quantitative estimate of drug-likeness (QED) is 0.653. The molecular weight excluding hydrogens is 382 g/mol. The highest BCUT2D eigenvalue weighted by molar-refractivity contribution is 7.91. The van der Waals surface area contributed by atoms with Crippen LogP contribution in [0.4, 0.5) is 0 Å². The van der Waals surface area contributed by atoms with Crippen LogP contribution < -0.4 is 4.74 Å². The molecule has 0 aromatic heterocycles. The summed E-state index contributed by atoms with van der Waals surface area (Å²) in [4.78, 5) is 25.7. The second-order valence-electron chi connectivity index (χ2n) is 6.69. The van der Waals surface area contributed by atoms with E-state index in [-0.39, 0.29) is 24.2 Å². The number of hydrogen-bond donors (Lipinski definition) is 0. The van der Waals surface area contributed by atoms with E-state index in [2.05, 4.69) is 0 Å². The van der Waals surface area contributed by atoms with E-state index in [1.807, 2.05) is 36.4 Å². The first kappa shape index (κ1) is 20.1. The van der Waals surface area contributed by atoms with E-state index in [0.29, 0.717) is 18.7 Å². The molecule has 28 heavy (non-hydrogen) atoms. The number of nitrogens with zero attached hydrogens (tertiary/aromatic N) is 1. The molecule has 1 aliphatic rings. The maximum atomic E-state index is 12.3. The average molecular weight is 405 g/mol. The van der Waals surface area contributed by atoms with Gasteiger partial charge in [0, 0.05) is 12.6 Å². The van der Waals surface area contributed by atoms with E-state index >= 15 is 0 Å². The van der Waals surface area contributed by atoms with Crippen LogP contribution in [0.1, 0.15) is 13.3 Å². The average Bonchev–Trinajstić information content (AvgIpc) is 3.04. The monoisotopic (exact) mass is 405 g/mol. The maximum absolute atomic E-state index is 12.3. The SMILES string of the molecule is CCN(C(=O)COC(=O)COc1ccc2ccccc2c1)C1CCS(=O)(=O)C1. The third kappa shape index (κ3) is 5.01. The fourth-order valence-electron chi connectivity index (χ4n) is 3.33. The number of benzene rings is 2. The van der Waals surface area contributed by atoms with Crippen LogP contribution in [0.25, 0.3) is 10.8 Å². The molecule has 1 heterocycles. The first-order valence-corrected chi connectivity index (χ1v) is 11.0. The molecule has 3 rings (SSSR count). The summed E-state index contributed by atoms with van der Waals surface area (Å²) >= 11 is 0. The number of ether oxygens (including phenoxy) is 2. The third-order valence-corrected chi connectivity index (χ3v) is 6.49. The standard InChI is InChI=1S/C20H23NO6S/c1-2-21(17-9-10-28(24,25)14-17)19(22)12-27-20(23)13-26-18-8-7-15-5-3-4-6-16(15)11-18/h3-8,11,17H,2,9-10,12-14H2,1H3. The van der Waals surface area contributed by atoms with Crippen LogP contribution in [0.15, 0.2) is 42.5 Å². The molecule has 7 nitrogen and oxygen atoms in total. The number of likely N-dealkylation sites (N-methyl/N-ethyl adjacent to an activating group) is 1. The fourth-order valence-corrected chi connectivity index (χ4v) is 5.06. The van der Waals surface area contributed by atoms with Crippen molar-refractivity contribution in [1.29, 1.82) is 0 Å². The Balaban J connectivity index is 1.48. The van der Waals surface area contributed by atoms with Crippen molar-refractivity contribution in [3.8, 4) is 5.75 Å². The molecule has 0 spiro atoms. The molecule has 0 N–H and O–H groups in total. The van der Waals surface area contributed by atoms with Gasteiger partial charge in [0.05, 0.1) is 11.5 Å². The molecule has 150 valence electrons. The Kier molecular flexibility index (Phi) is 6.18. The van der Waals surface area contributed by atoms with E-state index in [1.54, 1.807) is 13.0 Å². The second kappa shape index (κ2) is 8.60. The number of esters is 1. The van der Waals surface area contributed by atoms with Gasteiger partial charge in [0.25, 0.3) is 5.91 Å². The highest BCUT2D eigenvalue weighted by Gasteiger charge is 2.34. The van der Waals surface area contributed by atoms with Crippen molar-refractivity contribution in [3.63, 3.8) is 0 Å². The molecule has 0 saturated carbocycles. The Morgan fingerprint density at radius 1 is 1.11 bits per heavy atom. The molecule has 1 saturated heterocycles. The van der Waals surface area contributed by atoms with Crippen molar-refractivity contribution < 1.29 is 27.5 Å². The highest BCUT2D eigenvalue weighted by Crippen LogP contribution is 2.20. The molecule has 1 amide bonds. The van der Waals surface area contributed by atoms with Gasteiger partial charge >= 0.3 is 5.97 Å². The highest BCUT2D eigenvalue weighted by atomic mass is 32.2. The van der Waals surface area contributed by atoms with E-state index in [1.165, 1.54) is 4.90 Å². The van der Waals surface area contributed by atoms with Gasteiger partial charge in [-0.2, -0.15) is 0 Å². The van der Waals surface area contributed by atoms with E-state index in [4.69, 9.17) is 9.47 Å². The van der Waals surface area contributed by atoms with E-state index < -0.39 is 28.3 Å². The number of fused-ring (bicyclic) bond motifs is 1. The Hall–Kier alpha value is -2.61. The normalized spacial score (nSPS) is 18.0. The molecule has 1 atom stereocenters. The lowest BCUT2D eigenvalue weighted by Gasteiger charge is -2.26. The van der Waals surface area contributed by atoms with Crippen molar-refractivity contribution in [1.82, 2.24) is 4.90 Å². The minimum absolute atomic E-state index is 0.0361. The van der Waals surface area contributed by atoms with Gasteiger partial charge in [0.1, 0.15) is 5.75 Å². The van der Waals surface area contributed by atoms with Gasteiger partial charge in [-0.25, -0.2) is 13.2 Å². The van der Waals surface area contributed by atoms with Crippen molar-refractivity contribution in [2.24, 2.45) is 0 Å². The van der Waals surface area contributed by atoms with Crippen LogP contribution >= 0.6 is 0 Å². The predicted octanol–water partition coefficient (Wildman–Crippen LogP) is 1.80. The van der Waals surface area contributed by atoms with Crippen LogP contribution in [0.3, 0.4) is 0 Å². The smallest absolute Gasteiger partial charge is 0.344 e. The van der Waals surface area contributed by atoms with Gasteiger partial charge in [-0.05, 0) is 36.2 Å². The molecule has 2 aromatic carbocycles. The molecule has 1 unspecified atom stereocenters. The van der Waals surface area contributed by atoms with E-state index in [0.717, 1.165) is 10.8 Å². The zero-order chi connectivity index (χ0) is 20.1.